The summed E-state index contributed by atoms with van der Waals surface area (Å²) in [6.07, 6.45) is -4.90. The first-order valence-electron chi connectivity index (χ1n) is 8.45. The summed E-state index contributed by atoms with van der Waals surface area (Å²) in [6, 6.07) is 16.3. The van der Waals surface area contributed by atoms with Crippen LogP contribution in [0.25, 0.3) is 11.1 Å². The van der Waals surface area contributed by atoms with Gasteiger partial charge in [0.15, 0.2) is 11.6 Å². The Balaban J connectivity index is 1.76. The Hall–Kier alpha value is -3.42. The van der Waals surface area contributed by atoms with Gasteiger partial charge in [0.25, 0.3) is 0 Å². The van der Waals surface area contributed by atoms with Crippen LogP contribution in [0.1, 0.15) is 28.9 Å². The van der Waals surface area contributed by atoms with E-state index in [4.69, 9.17) is 0 Å². The highest BCUT2D eigenvalue weighted by atomic mass is 19.4. The number of nitrogens with one attached hydrogen (secondary N) is 2. The Kier molecular flexibility index (Phi) is 5.58. The van der Waals surface area contributed by atoms with E-state index in [1.165, 1.54) is 12.1 Å². The molecule has 0 saturated carbocycles. The number of anilines is 1. The summed E-state index contributed by atoms with van der Waals surface area (Å²) in [5.74, 6) is -1.05. The van der Waals surface area contributed by atoms with Crippen LogP contribution in [0, 0.1) is 0 Å². The molecule has 1 amide bonds. The lowest BCUT2D eigenvalue weighted by Gasteiger charge is -2.09. The fourth-order valence-electron chi connectivity index (χ4n) is 2.71. The van der Waals surface area contributed by atoms with Gasteiger partial charge in [-0.1, -0.05) is 60.7 Å². The highest BCUT2D eigenvalue weighted by Gasteiger charge is 2.38. The van der Waals surface area contributed by atoms with Crippen molar-refractivity contribution >= 4 is 17.5 Å². The quantitative estimate of drug-likeness (QED) is 0.602. The topological polar surface area (TPSA) is 74.8 Å². The molecule has 8 heteroatoms. The van der Waals surface area contributed by atoms with Crippen molar-refractivity contribution < 1.29 is 22.8 Å². The lowest BCUT2D eigenvalue weighted by molar-refractivity contribution is -0.140. The van der Waals surface area contributed by atoms with Gasteiger partial charge in [0.1, 0.15) is 5.69 Å². The number of Topliss-reactive ketones (excluding diaryl/α,β-unsaturated/α-hetero) is 1. The maximum Gasteiger partial charge on any atom is 0.433 e. The Morgan fingerprint density at radius 2 is 1.54 bits per heavy atom. The average Bonchev–Trinajstić information content (AvgIpc) is 3.11. The SMILES string of the molecule is O=C(CCC(=O)c1ccccc1)Nc1n[nH]c(C(F)(F)F)c1-c1ccccc1. The van der Waals surface area contributed by atoms with E-state index in [9.17, 15) is 22.8 Å². The number of H-pyrrole nitrogens is 1. The lowest BCUT2D eigenvalue weighted by Crippen LogP contribution is -2.14. The van der Waals surface area contributed by atoms with Gasteiger partial charge in [-0.3, -0.25) is 14.7 Å². The van der Waals surface area contributed by atoms with Gasteiger partial charge in [0, 0.05) is 18.4 Å². The molecule has 3 aromatic rings. The molecule has 0 aliphatic carbocycles. The number of alkyl halides is 3. The molecule has 0 aliphatic heterocycles. The van der Waals surface area contributed by atoms with Crippen molar-refractivity contribution in [2.75, 3.05) is 5.32 Å². The zero-order chi connectivity index (χ0) is 20.1. The molecular weight excluding hydrogens is 371 g/mol. The van der Waals surface area contributed by atoms with Crippen molar-refractivity contribution in [3.63, 3.8) is 0 Å². The van der Waals surface area contributed by atoms with E-state index in [0.29, 0.717) is 5.56 Å². The van der Waals surface area contributed by atoms with Crippen LogP contribution in [0.2, 0.25) is 0 Å². The van der Waals surface area contributed by atoms with Gasteiger partial charge >= 0.3 is 6.18 Å². The molecule has 1 aromatic heterocycles. The number of halogens is 3. The maximum absolute atomic E-state index is 13.3. The molecule has 0 fully saturated rings. The fourth-order valence-corrected chi connectivity index (χ4v) is 2.71. The number of nitrogens with zero attached hydrogens (tertiary/aromatic N) is 1. The molecule has 2 aromatic carbocycles. The molecule has 28 heavy (non-hydrogen) atoms. The third-order valence-corrected chi connectivity index (χ3v) is 4.04. The normalized spacial score (nSPS) is 11.2. The number of rotatable bonds is 6. The number of aromatic nitrogens is 2. The zero-order valence-electron chi connectivity index (χ0n) is 14.6. The molecule has 0 unspecified atom stereocenters. The van der Waals surface area contributed by atoms with Gasteiger partial charge in [-0.2, -0.15) is 18.3 Å². The van der Waals surface area contributed by atoms with Crippen LogP contribution in [0.5, 0.6) is 0 Å². The summed E-state index contributed by atoms with van der Waals surface area (Å²) >= 11 is 0. The van der Waals surface area contributed by atoms with E-state index in [1.807, 2.05) is 5.10 Å². The van der Waals surface area contributed by atoms with E-state index < -0.39 is 17.8 Å². The lowest BCUT2D eigenvalue weighted by atomic mass is 10.0. The predicted molar refractivity (Wildman–Crippen MR) is 97.7 cm³/mol. The molecule has 0 spiro atoms. The summed E-state index contributed by atoms with van der Waals surface area (Å²) < 4.78 is 39.9. The van der Waals surface area contributed by atoms with Gasteiger partial charge in [-0.15, -0.1) is 0 Å². The Morgan fingerprint density at radius 3 is 2.14 bits per heavy atom. The van der Waals surface area contributed by atoms with Gasteiger partial charge in [0.2, 0.25) is 5.91 Å². The zero-order valence-corrected chi connectivity index (χ0v) is 14.6. The second-order valence-corrected chi connectivity index (χ2v) is 6.02. The molecule has 5 nitrogen and oxygen atoms in total. The van der Waals surface area contributed by atoms with Crippen molar-refractivity contribution in [2.45, 2.75) is 19.0 Å². The Labute approximate surface area is 158 Å². The minimum Gasteiger partial charge on any atom is -0.309 e. The van der Waals surface area contributed by atoms with E-state index >= 15 is 0 Å². The summed E-state index contributed by atoms with van der Waals surface area (Å²) in [5.41, 5.74) is -0.552. The molecule has 3 rings (SSSR count). The van der Waals surface area contributed by atoms with Crippen molar-refractivity contribution in [1.82, 2.24) is 10.2 Å². The van der Waals surface area contributed by atoms with Crippen molar-refractivity contribution in [3.05, 3.63) is 71.9 Å². The number of benzene rings is 2. The van der Waals surface area contributed by atoms with E-state index in [2.05, 4.69) is 10.4 Å². The fraction of sp³-hybridized carbons (Fsp3) is 0.150. The number of aromatic amines is 1. The number of carbonyl (C=O) groups is 2. The third-order valence-electron chi connectivity index (χ3n) is 4.04. The van der Waals surface area contributed by atoms with Gasteiger partial charge in [0.05, 0.1) is 5.56 Å². The molecule has 2 N–H and O–H groups in total. The Morgan fingerprint density at radius 1 is 0.929 bits per heavy atom. The van der Waals surface area contributed by atoms with Gasteiger partial charge in [-0.25, -0.2) is 0 Å². The second kappa shape index (κ2) is 8.08. The number of carbonyl (C=O) groups excluding carboxylic acids is 2. The number of ketones is 1. The predicted octanol–water partition coefficient (Wildman–Crippen LogP) is 4.70. The first kappa shape index (κ1) is 19.3. The molecule has 0 bridgehead atoms. The summed E-state index contributed by atoms with van der Waals surface area (Å²) in [5, 5.41) is 7.95. The van der Waals surface area contributed by atoms with Crippen LogP contribution in [0.3, 0.4) is 0 Å². The largest absolute Gasteiger partial charge is 0.433 e. The van der Waals surface area contributed by atoms with Crippen LogP contribution in [-0.4, -0.2) is 21.9 Å². The molecule has 0 atom stereocenters. The minimum atomic E-state index is -4.66. The van der Waals surface area contributed by atoms with E-state index in [-0.39, 0.29) is 35.6 Å². The van der Waals surface area contributed by atoms with Crippen LogP contribution in [0.15, 0.2) is 60.7 Å². The number of hydrogen-bond donors (Lipinski definition) is 2. The monoisotopic (exact) mass is 387 g/mol. The first-order valence-corrected chi connectivity index (χ1v) is 8.45. The van der Waals surface area contributed by atoms with Gasteiger partial charge < -0.3 is 5.32 Å². The van der Waals surface area contributed by atoms with Crippen LogP contribution < -0.4 is 5.32 Å². The van der Waals surface area contributed by atoms with Crippen molar-refractivity contribution in [2.24, 2.45) is 0 Å². The van der Waals surface area contributed by atoms with Crippen molar-refractivity contribution in [1.29, 1.82) is 0 Å². The Bertz CT molecular complexity index is 967. The molecule has 0 radical (unpaired) electrons. The van der Waals surface area contributed by atoms with Gasteiger partial charge in [-0.05, 0) is 5.56 Å². The number of hydrogen-bond acceptors (Lipinski definition) is 3. The highest BCUT2D eigenvalue weighted by molar-refractivity contribution is 6.00. The highest BCUT2D eigenvalue weighted by Crippen LogP contribution is 2.39. The summed E-state index contributed by atoms with van der Waals surface area (Å²) in [4.78, 5) is 24.3. The van der Waals surface area contributed by atoms with Crippen LogP contribution in [-0.2, 0) is 11.0 Å². The number of amides is 1. The summed E-state index contributed by atoms with van der Waals surface area (Å²) in [6.45, 7) is 0. The molecule has 144 valence electrons. The average molecular weight is 387 g/mol. The first-order chi connectivity index (χ1) is 13.4. The third kappa shape index (κ3) is 4.46. The minimum absolute atomic E-state index is 0.0624. The molecular formula is C20H16F3N3O2. The molecule has 0 saturated heterocycles. The van der Waals surface area contributed by atoms with E-state index in [0.717, 1.165) is 0 Å². The maximum atomic E-state index is 13.3. The smallest absolute Gasteiger partial charge is 0.309 e. The van der Waals surface area contributed by atoms with Crippen molar-refractivity contribution in [3.8, 4) is 11.1 Å². The van der Waals surface area contributed by atoms with Crippen LogP contribution in [0.4, 0.5) is 19.0 Å². The van der Waals surface area contributed by atoms with Crippen LogP contribution >= 0.6 is 0 Å². The standard InChI is InChI=1S/C20H16F3N3O2/c21-20(22,23)18-17(14-9-5-2-6-10-14)19(26-25-18)24-16(28)12-11-15(27)13-7-3-1-4-8-13/h1-10H,11-12H2,(H2,24,25,26,28). The molecule has 0 aliphatic rings. The van der Waals surface area contributed by atoms with E-state index in [1.54, 1.807) is 48.5 Å². The second-order valence-electron chi connectivity index (χ2n) is 6.02. The molecule has 1 heterocycles. The summed E-state index contributed by atoms with van der Waals surface area (Å²) in [7, 11) is 0.